The van der Waals surface area contributed by atoms with E-state index < -0.39 is 46.3 Å². The summed E-state index contributed by atoms with van der Waals surface area (Å²) in [6, 6.07) is 14.0. The second-order valence-electron chi connectivity index (χ2n) is 10.2. The lowest BCUT2D eigenvalue weighted by molar-refractivity contribution is 0.0755. The summed E-state index contributed by atoms with van der Waals surface area (Å²) in [6.07, 6.45) is -0.125. The monoisotopic (exact) mass is 601 g/mol. The fourth-order valence-electron chi connectivity index (χ4n) is 4.61. The van der Waals surface area contributed by atoms with Gasteiger partial charge in [-0.1, -0.05) is 32.0 Å². The van der Waals surface area contributed by atoms with Crippen molar-refractivity contribution in [1.82, 2.24) is 14.9 Å². The van der Waals surface area contributed by atoms with Crippen LogP contribution in [0.15, 0.2) is 71.6 Å². The maximum atomic E-state index is 13.9. The van der Waals surface area contributed by atoms with Gasteiger partial charge in [-0.15, -0.1) is 0 Å². The Balaban J connectivity index is 1.87. The van der Waals surface area contributed by atoms with E-state index in [1.165, 1.54) is 18.2 Å². The van der Waals surface area contributed by atoms with E-state index in [0.717, 1.165) is 25.0 Å². The molecule has 0 aliphatic heterocycles. The zero-order chi connectivity index (χ0) is 30.9. The van der Waals surface area contributed by atoms with Crippen molar-refractivity contribution in [2.75, 3.05) is 19.6 Å². The lowest BCUT2D eigenvalue weighted by Gasteiger charge is -2.25. The molecule has 0 unspecified atom stereocenters. The van der Waals surface area contributed by atoms with Gasteiger partial charge in [0, 0.05) is 36.8 Å². The first-order chi connectivity index (χ1) is 19.9. The van der Waals surface area contributed by atoms with Crippen LogP contribution in [0.2, 0.25) is 0 Å². The highest BCUT2D eigenvalue weighted by Crippen LogP contribution is 2.16. The van der Waals surface area contributed by atoms with Crippen LogP contribution in [0, 0.1) is 18.6 Å². The summed E-state index contributed by atoms with van der Waals surface area (Å²) >= 11 is 0. The smallest absolute Gasteiger partial charge is 0.253 e. The predicted octanol–water partition coefficient (Wildman–Crippen LogP) is 4.22. The fraction of sp³-hybridized carbons (Fsp3) is 0.355. The standard InChI is InChI=1S/C31H37F2N3O5S/c1-4-11-36(12-5-2)31(39)24-14-21(3)13-23(18-24)30(38)35-28(17-22-15-25(32)19-26(33)16-22)29(37)20-34-42(40,41)27-9-7-6-8-10-27/h6-10,13-16,18-19,28-29,34,37H,4-5,11-12,17,20H2,1-3H3,(H,35,38)/t28-,29+/m1/s1. The van der Waals surface area contributed by atoms with E-state index in [0.29, 0.717) is 30.3 Å². The van der Waals surface area contributed by atoms with Crippen molar-refractivity contribution in [3.05, 3.63) is 101 Å². The second-order valence-corrected chi connectivity index (χ2v) is 11.9. The first-order valence-electron chi connectivity index (χ1n) is 13.8. The van der Waals surface area contributed by atoms with E-state index >= 15 is 0 Å². The molecule has 0 saturated heterocycles. The molecule has 0 aromatic heterocycles. The lowest BCUT2D eigenvalue weighted by atomic mass is 9.99. The highest BCUT2D eigenvalue weighted by Gasteiger charge is 2.26. The molecule has 2 amide bonds. The summed E-state index contributed by atoms with van der Waals surface area (Å²) in [5.74, 6) is -2.52. The number of nitrogens with zero attached hydrogens (tertiary/aromatic N) is 1. The summed E-state index contributed by atoms with van der Waals surface area (Å²) in [7, 11) is -3.98. The molecule has 2 atom stereocenters. The molecule has 226 valence electrons. The van der Waals surface area contributed by atoms with E-state index in [9.17, 15) is 31.9 Å². The molecule has 0 aliphatic rings. The number of amides is 2. The third-order valence-electron chi connectivity index (χ3n) is 6.56. The number of aryl methyl sites for hydroxylation is 1. The van der Waals surface area contributed by atoms with Crippen molar-refractivity contribution < 1.29 is 31.9 Å². The Bertz CT molecular complexity index is 1460. The molecule has 0 spiro atoms. The number of nitrogens with one attached hydrogen (secondary N) is 2. The largest absolute Gasteiger partial charge is 0.390 e. The SMILES string of the molecule is CCCN(CCC)C(=O)c1cc(C)cc(C(=O)N[C@H](Cc2cc(F)cc(F)c2)[C@@H](O)CNS(=O)(=O)c2ccccc2)c1. The van der Waals surface area contributed by atoms with Crippen molar-refractivity contribution >= 4 is 21.8 Å². The number of aliphatic hydroxyl groups is 1. The molecule has 0 aliphatic carbocycles. The van der Waals surface area contributed by atoms with Crippen LogP contribution in [-0.4, -0.2) is 62.0 Å². The number of benzene rings is 3. The number of carbonyl (C=O) groups is 2. The van der Waals surface area contributed by atoms with E-state index in [1.54, 1.807) is 42.2 Å². The Labute approximate surface area is 245 Å². The number of sulfonamides is 1. The van der Waals surface area contributed by atoms with Crippen LogP contribution < -0.4 is 10.0 Å². The van der Waals surface area contributed by atoms with Gasteiger partial charge in [-0.3, -0.25) is 9.59 Å². The van der Waals surface area contributed by atoms with Gasteiger partial charge < -0.3 is 15.3 Å². The molecule has 0 fully saturated rings. The molecule has 3 aromatic carbocycles. The van der Waals surface area contributed by atoms with Crippen molar-refractivity contribution in [1.29, 1.82) is 0 Å². The summed E-state index contributed by atoms with van der Waals surface area (Å²) in [4.78, 5) is 28.3. The first-order valence-corrected chi connectivity index (χ1v) is 15.3. The van der Waals surface area contributed by atoms with Crippen LogP contribution in [0.25, 0.3) is 0 Å². The van der Waals surface area contributed by atoms with Crippen molar-refractivity contribution in [2.45, 2.75) is 57.1 Å². The number of aliphatic hydroxyl groups excluding tert-OH is 1. The van der Waals surface area contributed by atoms with E-state index in [4.69, 9.17) is 0 Å². The topological polar surface area (TPSA) is 116 Å². The summed E-state index contributed by atoms with van der Waals surface area (Å²) in [6.45, 7) is 6.35. The normalized spacial score (nSPS) is 12.9. The molecule has 0 saturated carbocycles. The number of hydrogen-bond donors (Lipinski definition) is 3. The maximum absolute atomic E-state index is 13.9. The molecule has 0 heterocycles. The average Bonchev–Trinajstić information content (AvgIpc) is 2.94. The Kier molecular flexibility index (Phi) is 11.7. The van der Waals surface area contributed by atoms with Gasteiger partial charge in [-0.05, 0) is 79.8 Å². The summed E-state index contributed by atoms with van der Waals surface area (Å²) in [5.41, 5.74) is 1.30. The number of halogens is 2. The molecule has 3 rings (SSSR count). The number of carbonyl (C=O) groups excluding carboxylic acids is 2. The Morgan fingerprint density at radius 1 is 0.905 bits per heavy atom. The fourth-order valence-corrected chi connectivity index (χ4v) is 5.69. The minimum atomic E-state index is -3.98. The van der Waals surface area contributed by atoms with Crippen LogP contribution in [-0.2, 0) is 16.4 Å². The molecule has 0 radical (unpaired) electrons. The molecular formula is C31H37F2N3O5S. The summed E-state index contributed by atoms with van der Waals surface area (Å²) < 4.78 is 55.5. The zero-order valence-electron chi connectivity index (χ0n) is 23.9. The minimum absolute atomic E-state index is 0.0119. The minimum Gasteiger partial charge on any atom is -0.390 e. The summed E-state index contributed by atoms with van der Waals surface area (Å²) in [5, 5.41) is 13.7. The highest BCUT2D eigenvalue weighted by atomic mass is 32.2. The maximum Gasteiger partial charge on any atom is 0.253 e. The van der Waals surface area contributed by atoms with Crippen LogP contribution in [0.4, 0.5) is 8.78 Å². The van der Waals surface area contributed by atoms with Gasteiger partial charge in [0.15, 0.2) is 0 Å². The van der Waals surface area contributed by atoms with Crippen molar-refractivity contribution in [3.8, 4) is 0 Å². The zero-order valence-corrected chi connectivity index (χ0v) is 24.8. The van der Waals surface area contributed by atoms with Crippen LogP contribution >= 0.6 is 0 Å². The van der Waals surface area contributed by atoms with Crippen molar-refractivity contribution in [3.63, 3.8) is 0 Å². The first kappa shape index (κ1) is 32.8. The third kappa shape index (κ3) is 9.17. The Morgan fingerprint density at radius 3 is 2.10 bits per heavy atom. The van der Waals surface area contributed by atoms with Gasteiger partial charge in [0.25, 0.3) is 11.8 Å². The van der Waals surface area contributed by atoms with E-state index in [-0.39, 0.29) is 28.4 Å². The van der Waals surface area contributed by atoms with Gasteiger partial charge in [0.1, 0.15) is 11.6 Å². The second kappa shape index (κ2) is 15.0. The van der Waals surface area contributed by atoms with Gasteiger partial charge in [0.2, 0.25) is 10.0 Å². The Hall–Kier alpha value is -3.67. The third-order valence-corrected chi connectivity index (χ3v) is 8.00. The highest BCUT2D eigenvalue weighted by molar-refractivity contribution is 7.89. The molecule has 42 heavy (non-hydrogen) atoms. The molecule has 3 aromatic rings. The molecule has 11 heteroatoms. The van der Waals surface area contributed by atoms with E-state index in [2.05, 4.69) is 10.0 Å². The molecular weight excluding hydrogens is 564 g/mol. The van der Waals surface area contributed by atoms with Crippen LogP contribution in [0.3, 0.4) is 0 Å². The number of hydrogen-bond acceptors (Lipinski definition) is 5. The van der Waals surface area contributed by atoms with Gasteiger partial charge in [-0.25, -0.2) is 21.9 Å². The van der Waals surface area contributed by atoms with E-state index in [1.807, 2.05) is 13.8 Å². The van der Waals surface area contributed by atoms with Gasteiger partial charge in [0.05, 0.1) is 17.0 Å². The molecule has 8 nitrogen and oxygen atoms in total. The van der Waals surface area contributed by atoms with Crippen LogP contribution in [0.1, 0.15) is 58.5 Å². The quantitative estimate of drug-likeness (QED) is 0.256. The van der Waals surface area contributed by atoms with Gasteiger partial charge >= 0.3 is 0 Å². The number of rotatable bonds is 14. The lowest BCUT2D eigenvalue weighted by Crippen LogP contribution is -2.49. The molecule has 3 N–H and O–H groups in total. The average molecular weight is 602 g/mol. The van der Waals surface area contributed by atoms with Crippen molar-refractivity contribution in [2.24, 2.45) is 0 Å². The molecule has 0 bridgehead atoms. The van der Waals surface area contributed by atoms with Crippen LogP contribution in [0.5, 0.6) is 0 Å². The van der Waals surface area contributed by atoms with Gasteiger partial charge in [-0.2, -0.15) is 0 Å². The predicted molar refractivity (Wildman–Crippen MR) is 157 cm³/mol. The Morgan fingerprint density at radius 2 is 1.50 bits per heavy atom.